The molecular formula is C36H38F3NO6. The molecule has 2 amide bonds. The van der Waals surface area contributed by atoms with Gasteiger partial charge in [-0.15, -0.1) is 0 Å². The molecule has 2 saturated carbocycles. The third-order valence-electron chi connectivity index (χ3n) is 9.37. The van der Waals surface area contributed by atoms with Gasteiger partial charge in [0.1, 0.15) is 11.5 Å². The van der Waals surface area contributed by atoms with Crippen molar-refractivity contribution in [1.82, 2.24) is 0 Å². The van der Waals surface area contributed by atoms with Gasteiger partial charge in [0.05, 0.1) is 11.6 Å². The summed E-state index contributed by atoms with van der Waals surface area (Å²) in [4.78, 5) is 49.8. The minimum atomic E-state index is -4.06. The van der Waals surface area contributed by atoms with Gasteiger partial charge in [-0.05, 0) is 111 Å². The smallest absolute Gasteiger partial charge is 0.389 e. The summed E-state index contributed by atoms with van der Waals surface area (Å²) >= 11 is 0. The van der Waals surface area contributed by atoms with E-state index in [2.05, 4.69) is 0 Å². The van der Waals surface area contributed by atoms with Crippen LogP contribution in [0.25, 0.3) is 6.08 Å². The van der Waals surface area contributed by atoms with Gasteiger partial charge < -0.3 is 9.47 Å². The number of halogens is 3. The Hall–Kier alpha value is -4.21. The number of nitrogens with zero attached hydrogens (tertiary/aromatic N) is 1. The minimum Gasteiger partial charge on any atom is -0.426 e. The molecule has 0 saturated heterocycles. The summed E-state index contributed by atoms with van der Waals surface area (Å²) in [6.07, 6.45) is 9.07. The molecule has 2 aromatic carbocycles. The Morgan fingerprint density at radius 3 is 1.89 bits per heavy atom. The predicted octanol–water partition coefficient (Wildman–Crippen LogP) is 7.99. The summed E-state index contributed by atoms with van der Waals surface area (Å²) in [5, 5.41) is 0. The van der Waals surface area contributed by atoms with Crippen molar-refractivity contribution in [2.45, 2.75) is 76.8 Å². The molecular weight excluding hydrogens is 599 g/mol. The summed E-state index contributed by atoms with van der Waals surface area (Å²) in [6.45, 7) is 0. The Kier molecular flexibility index (Phi) is 10.8. The van der Waals surface area contributed by atoms with Crippen LogP contribution < -0.4 is 14.4 Å². The van der Waals surface area contributed by atoms with Gasteiger partial charge in [-0.1, -0.05) is 31.4 Å². The topological polar surface area (TPSA) is 90.0 Å². The molecule has 1 aliphatic heterocycles. The number of imide groups is 1. The molecule has 1 heterocycles. The molecule has 2 aliphatic carbocycles. The predicted molar refractivity (Wildman–Crippen MR) is 166 cm³/mol. The fraction of sp³-hybridized carbons (Fsp3) is 0.444. The average molecular weight is 638 g/mol. The first-order valence-corrected chi connectivity index (χ1v) is 16.0. The highest BCUT2D eigenvalue weighted by Crippen LogP contribution is 2.43. The van der Waals surface area contributed by atoms with Gasteiger partial charge in [-0.25, -0.2) is 9.69 Å². The fourth-order valence-electron chi connectivity index (χ4n) is 6.84. The second-order valence-corrected chi connectivity index (χ2v) is 12.5. The Bertz CT molecular complexity index is 1430. The molecule has 3 aliphatic rings. The zero-order chi connectivity index (χ0) is 32.7. The summed E-state index contributed by atoms with van der Waals surface area (Å²) in [6, 6.07) is 12.8. The standard InChI is InChI=1S/C36H38F3NO6/c37-36(38,39)23-1-2-24-3-8-26(9-4-24)27-10-12-28(13-11-27)35(44)46-31-16-5-25(6-17-31)7-22-34(43)45-30-18-14-29(15-19-30)40-32(41)20-21-33(40)42/h5-7,14-22,24,26-28H,1-4,8-13,23H2/b22-7+. The number of carbonyl (C=O) groups excluding carboxylic acids is 4. The number of amides is 2. The van der Waals surface area contributed by atoms with Crippen molar-refractivity contribution in [1.29, 1.82) is 0 Å². The number of benzene rings is 2. The van der Waals surface area contributed by atoms with Crippen molar-refractivity contribution in [3.63, 3.8) is 0 Å². The van der Waals surface area contributed by atoms with Crippen LogP contribution >= 0.6 is 0 Å². The number of anilines is 1. The van der Waals surface area contributed by atoms with Crippen molar-refractivity contribution < 1.29 is 41.8 Å². The first-order chi connectivity index (χ1) is 22.0. The quantitative estimate of drug-likeness (QED) is 0.114. The van der Waals surface area contributed by atoms with E-state index in [1.54, 1.807) is 30.3 Å². The molecule has 2 aromatic rings. The number of rotatable bonds is 10. The Morgan fingerprint density at radius 2 is 1.30 bits per heavy atom. The van der Waals surface area contributed by atoms with E-state index in [-0.39, 0.29) is 24.1 Å². The van der Waals surface area contributed by atoms with Crippen LogP contribution in [0.4, 0.5) is 18.9 Å². The lowest BCUT2D eigenvalue weighted by atomic mass is 9.68. The molecule has 2 fully saturated rings. The van der Waals surface area contributed by atoms with Crippen molar-refractivity contribution in [3.8, 4) is 11.5 Å². The van der Waals surface area contributed by atoms with Gasteiger partial charge >= 0.3 is 18.1 Å². The molecule has 0 N–H and O–H groups in total. The molecule has 0 aromatic heterocycles. The maximum absolute atomic E-state index is 12.8. The molecule has 0 bridgehead atoms. The first kappa shape index (κ1) is 33.2. The van der Waals surface area contributed by atoms with Crippen LogP contribution in [0.2, 0.25) is 0 Å². The van der Waals surface area contributed by atoms with Crippen LogP contribution in [0.15, 0.2) is 66.8 Å². The van der Waals surface area contributed by atoms with E-state index in [1.165, 1.54) is 42.5 Å². The van der Waals surface area contributed by atoms with Crippen molar-refractivity contribution in [2.75, 3.05) is 4.90 Å². The van der Waals surface area contributed by atoms with Crippen LogP contribution in [0.1, 0.15) is 76.2 Å². The first-order valence-electron chi connectivity index (χ1n) is 16.0. The second-order valence-electron chi connectivity index (χ2n) is 12.5. The lowest BCUT2D eigenvalue weighted by Crippen LogP contribution is -2.30. The van der Waals surface area contributed by atoms with Crippen LogP contribution in [0.3, 0.4) is 0 Å². The van der Waals surface area contributed by atoms with Crippen LogP contribution in [0, 0.1) is 23.7 Å². The Balaban J connectivity index is 1.01. The Morgan fingerprint density at radius 1 is 0.761 bits per heavy atom. The molecule has 0 radical (unpaired) electrons. The van der Waals surface area contributed by atoms with E-state index in [9.17, 15) is 32.3 Å². The molecule has 0 spiro atoms. The third kappa shape index (κ3) is 9.17. The molecule has 244 valence electrons. The normalized spacial score (nSPS) is 23.6. The SMILES string of the molecule is O=C(/C=C/c1ccc(OC(=O)C2CCC(C3CCC(CCCC(F)(F)F)CC3)CC2)cc1)Oc1ccc(N2C(=O)C=CC2=O)cc1. The molecule has 7 nitrogen and oxygen atoms in total. The van der Waals surface area contributed by atoms with Gasteiger partial charge in [-0.2, -0.15) is 13.2 Å². The lowest BCUT2D eigenvalue weighted by Gasteiger charge is -2.37. The third-order valence-corrected chi connectivity index (χ3v) is 9.37. The highest BCUT2D eigenvalue weighted by Gasteiger charge is 2.34. The summed E-state index contributed by atoms with van der Waals surface area (Å²) in [5.41, 5.74) is 1.09. The fourth-order valence-corrected chi connectivity index (χ4v) is 6.84. The van der Waals surface area contributed by atoms with E-state index in [0.717, 1.165) is 56.3 Å². The van der Waals surface area contributed by atoms with Crippen molar-refractivity contribution in [2.24, 2.45) is 23.7 Å². The van der Waals surface area contributed by atoms with Crippen LogP contribution in [-0.2, 0) is 19.2 Å². The number of esters is 2. The second kappa shape index (κ2) is 14.9. The number of hydrogen-bond donors (Lipinski definition) is 0. The van der Waals surface area contributed by atoms with Gasteiger partial charge in [0.2, 0.25) is 0 Å². The maximum atomic E-state index is 12.8. The highest BCUT2D eigenvalue weighted by molar-refractivity contribution is 6.28. The van der Waals surface area contributed by atoms with Gasteiger partial charge in [0.15, 0.2) is 0 Å². The number of carbonyl (C=O) groups is 4. The van der Waals surface area contributed by atoms with E-state index in [4.69, 9.17) is 9.47 Å². The largest absolute Gasteiger partial charge is 0.426 e. The van der Waals surface area contributed by atoms with Crippen molar-refractivity contribution >= 4 is 35.5 Å². The van der Waals surface area contributed by atoms with Gasteiger partial charge in [0.25, 0.3) is 11.8 Å². The van der Waals surface area contributed by atoms with E-state index in [0.29, 0.717) is 41.2 Å². The minimum absolute atomic E-state index is 0.147. The van der Waals surface area contributed by atoms with Gasteiger partial charge in [-0.3, -0.25) is 14.4 Å². The zero-order valence-corrected chi connectivity index (χ0v) is 25.5. The number of alkyl halides is 3. The molecule has 46 heavy (non-hydrogen) atoms. The molecule has 10 heteroatoms. The summed E-state index contributed by atoms with van der Waals surface area (Å²) in [5.74, 6) is 0.412. The highest BCUT2D eigenvalue weighted by atomic mass is 19.4. The summed E-state index contributed by atoms with van der Waals surface area (Å²) in [7, 11) is 0. The van der Waals surface area contributed by atoms with Gasteiger partial charge in [0, 0.05) is 24.6 Å². The Labute approximate surface area is 266 Å². The lowest BCUT2D eigenvalue weighted by molar-refractivity contribution is -0.140. The van der Waals surface area contributed by atoms with Crippen LogP contribution in [0.5, 0.6) is 11.5 Å². The maximum Gasteiger partial charge on any atom is 0.389 e. The van der Waals surface area contributed by atoms with E-state index in [1.807, 2.05) is 0 Å². The number of ether oxygens (including phenoxy) is 2. The zero-order valence-electron chi connectivity index (χ0n) is 25.5. The van der Waals surface area contributed by atoms with Crippen molar-refractivity contribution in [3.05, 3.63) is 72.3 Å². The molecule has 5 rings (SSSR count). The average Bonchev–Trinajstić information content (AvgIpc) is 3.38. The number of hydrogen-bond acceptors (Lipinski definition) is 6. The molecule has 0 atom stereocenters. The van der Waals surface area contributed by atoms with E-state index < -0.39 is 30.4 Å². The van der Waals surface area contributed by atoms with E-state index >= 15 is 0 Å². The monoisotopic (exact) mass is 637 g/mol. The molecule has 0 unspecified atom stereocenters. The summed E-state index contributed by atoms with van der Waals surface area (Å²) < 4.78 is 48.3. The van der Waals surface area contributed by atoms with Crippen LogP contribution in [-0.4, -0.2) is 29.9 Å².